The van der Waals surface area contributed by atoms with E-state index in [9.17, 15) is 8.42 Å². The number of fused-ring (bicyclic) bond motifs is 2. The molecule has 2 aliphatic rings. The summed E-state index contributed by atoms with van der Waals surface area (Å²) in [5.41, 5.74) is 3.90. The summed E-state index contributed by atoms with van der Waals surface area (Å²) in [6, 6.07) is 4.05. The second kappa shape index (κ2) is 7.07. The number of sulfonamides is 1. The highest BCUT2D eigenvalue weighted by atomic mass is 35.5. The first-order valence-electron chi connectivity index (χ1n) is 9.74. The fourth-order valence-electron chi connectivity index (χ4n) is 4.34. The van der Waals surface area contributed by atoms with Crippen molar-refractivity contribution in [1.82, 2.24) is 24.7 Å². The van der Waals surface area contributed by atoms with Crippen molar-refractivity contribution in [2.24, 2.45) is 0 Å². The molecular formula is C19H22ClN7O2S. The van der Waals surface area contributed by atoms with Crippen molar-refractivity contribution in [3.63, 3.8) is 0 Å². The minimum absolute atomic E-state index is 0.0947. The molecule has 0 amide bonds. The molecule has 0 saturated carbocycles. The number of aromatic amines is 1. The number of aromatic nitrogens is 4. The molecule has 1 atom stereocenters. The van der Waals surface area contributed by atoms with Gasteiger partial charge in [0, 0.05) is 49.2 Å². The van der Waals surface area contributed by atoms with Gasteiger partial charge >= 0.3 is 0 Å². The van der Waals surface area contributed by atoms with Crippen LogP contribution in [0.15, 0.2) is 24.7 Å². The first kappa shape index (κ1) is 19.5. The van der Waals surface area contributed by atoms with Crippen LogP contribution < -0.4 is 14.5 Å². The van der Waals surface area contributed by atoms with Gasteiger partial charge in [-0.2, -0.15) is 0 Å². The third-order valence-electron chi connectivity index (χ3n) is 5.71. The van der Waals surface area contributed by atoms with Gasteiger partial charge in [0.15, 0.2) is 0 Å². The van der Waals surface area contributed by atoms with Gasteiger partial charge in [-0.05, 0) is 19.1 Å². The lowest BCUT2D eigenvalue weighted by atomic mass is 9.97. The highest BCUT2D eigenvalue weighted by Crippen LogP contribution is 2.36. The van der Waals surface area contributed by atoms with Crippen molar-refractivity contribution in [2.45, 2.75) is 32.0 Å². The molecule has 0 spiro atoms. The highest BCUT2D eigenvalue weighted by Gasteiger charge is 2.35. The monoisotopic (exact) mass is 447 g/mol. The van der Waals surface area contributed by atoms with Crippen LogP contribution in [0.4, 0.5) is 11.5 Å². The summed E-state index contributed by atoms with van der Waals surface area (Å²) in [6.45, 7) is 4.01. The molecule has 9 nitrogen and oxygen atoms in total. The summed E-state index contributed by atoms with van der Waals surface area (Å²) in [7, 11) is -3.22. The molecule has 5 rings (SSSR count). The van der Waals surface area contributed by atoms with E-state index >= 15 is 0 Å². The van der Waals surface area contributed by atoms with Crippen LogP contribution in [0.3, 0.4) is 0 Å². The van der Waals surface area contributed by atoms with Gasteiger partial charge in [0.1, 0.15) is 22.9 Å². The van der Waals surface area contributed by atoms with Crippen LogP contribution in [0, 0.1) is 0 Å². The van der Waals surface area contributed by atoms with Crippen LogP contribution >= 0.6 is 11.6 Å². The number of nitrogens with one attached hydrogen (secondary N) is 2. The van der Waals surface area contributed by atoms with E-state index in [1.165, 1.54) is 6.26 Å². The fourth-order valence-corrected chi connectivity index (χ4v) is 5.29. The molecule has 2 N–H and O–H groups in total. The van der Waals surface area contributed by atoms with E-state index in [1.54, 1.807) is 6.33 Å². The quantitative estimate of drug-likeness (QED) is 0.586. The number of pyridine rings is 1. The second-order valence-electron chi connectivity index (χ2n) is 8.00. The summed E-state index contributed by atoms with van der Waals surface area (Å²) in [5.74, 6) is 0.869. The minimum Gasteiger partial charge on any atom is -0.363 e. The lowest BCUT2D eigenvalue weighted by Crippen LogP contribution is -2.60. The number of anilines is 2. The van der Waals surface area contributed by atoms with Gasteiger partial charge in [-0.25, -0.2) is 28.1 Å². The fraction of sp³-hybridized carbons (Fsp3) is 0.421. The molecule has 3 aromatic rings. The zero-order valence-corrected chi connectivity index (χ0v) is 18.2. The van der Waals surface area contributed by atoms with Gasteiger partial charge < -0.3 is 14.8 Å². The molecule has 3 aromatic heterocycles. The molecule has 11 heteroatoms. The summed E-state index contributed by atoms with van der Waals surface area (Å²) >= 11 is 6.28. The first-order chi connectivity index (χ1) is 14.3. The Morgan fingerprint density at radius 3 is 2.87 bits per heavy atom. The van der Waals surface area contributed by atoms with E-state index in [-0.39, 0.29) is 12.1 Å². The zero-order chi connectivity index (χ0) is 21.0. The lowest BCUT2D eigenvalue weighted by Gasteiger charge is -2.43. The topological polar surface area (TPSA) is 107 Å². The average molecular weight is 448 g/mol. The third kappa shape index (κ3) is 3.48. The molecule has 0 radical (unpaired) electrons. The van der Waals surface area contributed by atoms with Crippen molar-refractivity contribution in [1.29, 1.82) is 0 Å². The Hall–Kier alpha value is -2.43. The SMILES string of the molecule is C[C@@H]1Cc2ncnc(N3CC(NS(C)(=O)=O)C3)c2CN1c1cc(Cl)nc2[nH]ccc12. The molecule has 0 aromatic carbocycles. The van der Waals surface area contributed by atoms with E-state index in [0.717, 1.165) is 40.2 Å². The van der Waals surface area contributed by atoms with Crippen molar-refractivity contribution in [2.75, 3.05) is 29.1 Å². The first-order valence-corrected chi connectivity index (χ1v) is 12.0. The highest BCUT2D eigenvalue weighted by molar-refractivity contribution is 7.88. The van der Waals surface area contributed by atoms with Crippen LogP contribution in [0.5, 0.6) is 0 Å². The molecule has 158 valence electrons. The largest absolute Gasteiger partial charge is 0.363 e. The molecule has 1 fully saturated rings. The summed E-state index contributed by atoms with van der Waals surface area (Å²) in [5, 5.41) is 1.47. The number of rotatable bonds is 4. The van der Waals surface area contributed by atoms with Crippen LogP contribution in [-0.4, -0.2) is 59.8 Å². The number of nitrogens with zero attached hydrogens (tertiary/aromatic N) is 5. The second-order valence-corrected chi connectivity index (χ2v) is 10.2. The molecule has 30 heavy (non-hydrogen) atoms. The summed E-state index contributed by atoms with van der Waals surface area (Å²) in [6.07, 6.45) is 5.43. The lowest BCUT2D eigenvalue weighted by molar-refractivity contribution is 0.464. The van der Waals surface area contributed by atoms with Crippen LogP contribution in [0.25, 0.3) is 11.0 Å². The van der Waals surface area contributed by atoms with Crippen molar-refractivity contribution < 1.29 is 8.42 Å². The Balaban J connectivity index is 1.46. The summed E-state index contributed by atoms with van der Waals surface area (Å²) in [4.78, 5) is 21.0. The predicted octanol–water partition coefficient (Wildman–Crippen LogP) is 1.70. The van der Waals surface area contributed by atoms with E-state index < -0.39 is 10.0 Å². The normalized spacial score (nSPS) is 19.8. The maximum Gasteiger partial charge on any atom is 0.209 e. The number of halogens is 1. The third-order valence-corrected chi connectivity index (χ3v) is 6.66. The Morgan fingerprint density at radius 1 is 1.30 bits per heavy atom. The van der Waals surface area contributed by atoms with Gasteiger partial charge in [-0.1, -0.05) is 11.6 Å². The van der Waals surface area contributed by atoms with Crippen LogP contribution in [0.1, 0.15) is 18.2 Å². The smallest absolute Gasteiger partial charge is 0.209 e. The van der Waals surface area contributed by atoms with Gasteiger partial charge in [-0.15, -0.1) is 0 Å². The zero-order valence-electron chi connectivity index (χ0n) is 16.6. The van der Waals surface area contributed by atoms with Gasteiger partial charge in [0.2, 0.25) is 10.0 Å². The van der Waals surface area contributed by atoms with E-state index in [4.69, 9.17) is 11.6 Å². The predicted molar refractivity (Wildman–Crippen MR) is 116 cm³/mol. The molecule has 0 aliphatic carbocycles. The Morgan fingerprint density at radius 2 is 2.10 bits per heavy atom. The maximum absolute atomic E-state index is 11.5. The summed E-state index contributed by atoms with van der Waals surface area (Å²) < 4.78 is 25.6. The minimum atomic E-state index is -3.22. The van der Waals surface area contributed by atoms with Crippen molar-refractivity contribution in [3.05, 3.63) is 41.1 Å². The molecule has 2 aliphatic heterocycles. The van der Waals surface area contributed by atoms with E-state index in [0.29, 0.717) is 24.8 Å². The van der Waals surface area contributed by atoms with Gasteiger partial charge in [0.25, 0.3) is 0 Å². The standard InChI is InChI=1S/C19H22ClN7O2S/c1-11-5-15-14(9-27(11)16-6-17(20)24-18-13(16)3-4-21-18)19(23-10-22-15)26-7-12(8-26)25-30(2,28)29/h3-4,6,10-12,25H,5,7-9H2,1-2H3,(H,21,24)/t11-/m1/s1. The Labute approximate surface area is 179 Å². The molecular weight excluding hydrogens is 426 g/mol. The average Bonchev–Trinajstić information content (AvgIpc) is 3.10. The van der Waals surface area contributed by atoms with Gasteiger partial charge in [-0.3, -0.25) is 0 Å². The molecule has 0 unspecified atom stereocenters. The molecule has 0 bridgehead atoms. The number of hydrogen-bond acceptors (Lipinski definition) is 7. The van der Waals surface area contributed by atoms with E-state index in [2.05, 4.69) is 41.4 Å². The van der Waals surface area contributed by atoms with Gasteiger partial charge in [0.05, 0.1) is 23.7 Å². The van der Waals surface area contributed by atoms with Crippen molar-refractivity contribution in [3.8, 4) is 0 Å². The maximum atomic E-state index is 11.5. The van der Waals surface area contributed by atoms with Crippen LogP contribution in [-0.2, 0) is 23.0 Å². The molecule has 5 heterocycles. The van der Waals surface area contributed by atoms with Crippen LogP contribution in [0.2, 0.25) is 5.15 Å². The van der Waals surface area contributed by atoms with E-state index in [1.807, 2.05) is 18.3 Å². The molecule has 1 saturated heterocycles. The van der Waals surface area contributed by atoms with Crippen molar-refractivity contribution >= 4 is 44.2 Å². The Bertz CT molecular complexity index is 1220. The number of hydrogen-bond donors (Lipinski definition) is 2. The Kier molecular flexibility index (Phi) is 4.60. The number of H-pyrrole nitrogens is 1.